The fourth-order valence-corrected chi connectivity index (χ4v) is 5.77. The number of aromatic nitrogens is 1. The van der Waals surface area contributed by atoms with Crippen molar-refractivity contribution < 1.29 is 9.53 Å². The summed E-state index contributed by atoms with van der Waals surface area (Å²) in [5, 5.41) is 1.24. The number of carbonyl (C=O) groups excluding carboxylic acids is 1. The molecule has 4 nitrogen and oxygen atoms in total. The number of rotatable bonds is 5. The molecule has 1 saturated carbocycles. The van der Waals surface area contributed by atoms with Crippen LogP contribution in [0.1, 0.15) is 84.9 Å². The Morgan fingerprint density at radius 1 is 1.00 bits per heavy atom. The smallest absolute Gasteiger partial charge is 0.311 e. The van der Waals surface area contributed by atoms with Crippen molar-refractivity contribution in [2.75, 3.05) is 13.1 Å². The van der Waals surface area contributed by atoms with Gasteiger partial charge in [0.1, 0.15) is 6.61 Å². The van der Waals surface area contributed by atoms with Gasteiger partial charge in [-0.15, -0.1) is 0 Å². The highest BCUT2D eigenvalue weighted by molar-refractivity contribution is 5.81. The molecule has 4 heteroatoms. The van der Waals surface area contributed by atoms with Crippen LogP contribution in [0.15, 0.2) is 30.3 Å². The average molecular weight is 439 g/mol. The summed E-state index contributed by atoms with van der Waals surface area (Å²) in [6, 6.07) is 12.1. The molecule has 4 rings (SSSR count). The Morgan fingerprint density at radius 3 is 2.28 bits per heavy atom. The first-order valence-electron chi connectivity index (χ1n) is 12.7. The maximum Gasteiger partial charge on any atom is 0.311 e. The van der Waals surface area contributed by atoms with E-state index < -0.39 is 5.41 Å². The zero-order valence-corrected chi connectivity index (χ0v) is 20.8. The van der Waals surface area contributed by atoms with Crippen LogP contribution in [0.3, 0.4) is 0 Å². The summed E-state index contributed by atoms with van der Waals surface area (Å²) in [6.07, 6.45) is 7.87. The van der Waals surface area contributed by atoms with Crippen molar-refractivity contribution in [3.8, 4) is 0 Å². The molecule has 176 valence electrons. The lowest BCUT2D eigenvalue weighted by atomic mass is 9.79. The van der Waals surface area contributed by atoms with Gasteiger partial charge in [0.2, 0.25) is 0 Å². The van der Waals surface area contributed by atoms with Crippen LogP contribution in [0.2, 0.25) is 0 Å². The number of piperidine rings is 1. The molecule has 1 saturated heterocycles. The van der Waals surface area contributed by atoms with Gasteiger partial charge < -0.3 is 14.2 Å². The SMILES string of the molecule is CC(C)[C@H]1CC[C@@H](N2CCC(n3c(COC(=O)C(C)(C)C)cc4ccccc43)CC2)CC1. The Hall–Kier alpha value is -1.81. The van der Waals surface area contributed by atoms with E-state index in [0.29, 0.717) is 12.6 Å². The first-order valence-corrected chi connectivity index (χ1v) is 12.7. The van der Waals surface area contributed by atoms with Crippen LogP contribution >= 0.6 is 0 Å². The van der Waals surface area contributed by atoms with Gasteiger partial charge >= 0.3 is 5.97 Å². The molecule has 0 N–H and O–H groups in total. The van der Waals surface area contributed by atoms with Gasteiger partial charge in [-0.3, -0.25) is 4.79 Å². The molecule has 0 amide bonds. The molecule has 2 fully saturated rings. The summed E-state index contributed by atoms with van der Waals surface area (Å²) >= 11 is 0. The second kappa shape index (κ2) is 9.59. The minimum Gasteiger partial charge on any atom is -0.459 e. The van der Waals surface area contributed by atoms with Gasteiger partial charge in [0.25, 0.3) is 0 Å². The molecule has 0 atom stereocenters. The van der Waals surface area contributed by atoms with Gasteiger partial charge in [0, 0.05) is 30.7 Å². The van der Waals surface area contributed by atoms with E-state index in [-0.39, 0.29) is 5.97 Å². The number of likely N-dealkylation sites (tertiary alicyclic amines) is 1. The Balaban J connectivity index is 1.44. The summed E-state index contributed by atoms with van der Waals surface area (Å²) in [5.74, 6) is 1.61. The van der Waals surface area contributed by atoms with Crippen molar-refractivity contribution in [1.29, 1.82) is 0 Å². The highest BCUT2D eigenvalue weighted by atomic mass is 16.5. The third-order valence-corrected chi connectivity index (χ3v) is 7.86. The van der Waals surface area contributed by atoms with E-state index in [1.54, 1.807) is 0 Å². The lowest BCUT2D eigenvalue weighted by molar-refractivity contribution is -0.154. The molecule has 2 aromatic rings. The summed E-state index contributed by atoms with van der Waals surface area (Å²) in [5.41, 5.74) is 1.92. The molecule has 1 aromatic carbocycles. The number of esters is 1. The number of ether oxygens (including phenoxy) is 1. The number of hydrogen-bond acceptors (Lipinski definition) is 3. The normalized spacial score (nSPS) is 23.7. The fourth-order valence-electron chi connectivity index (χ4n) is 5.77. The maximum atomic E-state index is 12.4. The number of carbonyl (C=O) groups is 1. The van der Waals surface area contributed by atoms with Crippen molar-refractivity contribution in [2.45, 2.75) is 91.8 Å². The fraction of sp³-hybridized carbons (Fsp3) is 0.679. The summed E-state index contributed by atoms with van der Waals surface area (Å²) in [6.45, 7) is 13.2. The first-order chi connectivity index (χ1) is 15.2. The zero-order valence-electron chi connectivity index (χ0n) is 20.8. The van der Waals surface area contributed by atoms with E-state index >= 15 is 0 Å². The molecular formula is C28H42N2O2. The molecule has 0 spiro atoms. The molecule has 1 aromatic heterocycles. The molecule has 0 bridgehead atoms. The third-order valence-electron chi connectivity index (χ3n) is 7.86. The van der Waals surface area contributed by atoms with E-state index in [2.05, 4.69) is 53.6 Å². The second-order valence-corrected chi connectivity index (χ2v) is 11.5. The molecule has 32 heavy (non-hydrogen) atoms. The topological polar surface area (TPSA) is 34.5 Å². The largest absolute Gasteiger partial charge is 0.459 e. The first kappa shape index (κ1) is 23.4. The van der Waals surface area contributed by atoms with Gasteiger partial charge in [-0.2, -0.15) is 0 Å². The van der Waals surface area contributed by atoms with E-state index in [1.165, 1.54) is 62.5 Å². The van der Waals surface area contributed by atoms with Gasteiger partial charge in [-0.05, 0) is 88.7 Å². The lowest BCUT2D eigenvalue weighted by Gasteiger charge is -2.42. The number of nitrogens with zero attached hydrogens (tertiary/aromatic N) is 2. The highest BCUT2D eigenvalue weighted by Crippen LogP contribution is 2.36. The van der Waals surface area contributed by atoms with Gasteiger partial charge in [0.15, 0.2) is 0 Å². The Morgan fingerprint density at radius 2 is 1.66 bits per heavy atom. The number of benzene rings is 1. The van der Waals surface area contributed by atoms with Crippen LogP contribution in [0, 0.1) is 17.3 Å². The molecule has 2 heterocycles. The molecule has 1 aliphatic heterocycles. The quantitative estimate of drug-likeness (QED) is 0.494. The monoisotopic (exact) mass is 438 g/mol. The van der Waals surface area contributed by atoms with Gasteiger partial charge in [-0.1, -0.05) is 32.0 Å². The maximum absolute atomic E-state index is 12.4. The third kappa shape index (κ3) is 5.06. The van der Waals surface area contributed by atoms with E-state index in [9.17, 15) is 4.79 Å². The standard InChI is InChI=1S/C28H42N2O2/c1-20(2)21-10-12-23(13-11-21)29-16-14-24(15-17-29)30-25(19-32-27(31)28(3,4)5)18-22-8-6-7-9-26(22)30/h6-9,18,20-21,23-24H,10-17,19H2,1-5H3/t21-,23+. The summed E-state index contributed by atoms with van der Waals surface area (Å²) < 4.78 is 8.20. The molecule has 1 aliphatic carbocycles. The van der Waals surface area contributed by atoms with Crippen LogP contribution in [0.5, 0.6) is 0 Å². The minimum atomic E-state index is -0.475. The lowest BCUT2D eigenvalue weighted by Crippen LogP contribution is -2.44. The van der Waals surface area contributed by atoms with Crippen molar-refractivity contribution in [1.82, 2.24) is 9.47 Å². The molecule has 0 radical (unpaired) electrons. The summed E-state index contributed by atoms with van der Waals surface area (Å²) in [4.78, 5) is 15.1. The van der Waals surface area contributed by atoms with E-state index in [4.69, 9.17) is 4.74 Å². The Bertz CT molecular complexity index is 907. The van der Waals surface area contributed by atoms with Gasteiger partial charge in [-0.25, -0.2) is 0 Å². The summed E-state index contributed by atoms with van der Waals surface area (Å²) in [7, 11) is 0. The zero-order chi connectivity index (χ0) is 22.9. The Kier molecular flexibility index (Phi) is 7.00. The van der Waals surface area contributed by atoms with Crippen molar-refractivity contribution >= 4 is 16.9 Å². The average Bonchev–Trinajstić information content (AvgIpc) is 3.15. The second-order valence-electron chi connectivity index (χ2n) is 11.5. The van der Waals surface area contributed by atoms with Crippen LogP contribution in [-0.2, 0) is 16.1 Å². The van der Waals surface area contributed by atoms with Crippen LogP contribution < -0.4 is 0 Å². The van der Waals surface area contributed by atoms with E-state index in [1.807, 2.05) is 20.8 Å². The van der Waals surface area contributed by atoms with Crippen LogP contribution in [-0.4, -0.2) is 34.6 Å². The highest BCUT2D eigenvalue weighted by Gasteiger charge is 2.31. The predicted octanol–water partition coefficient (Wildman–Crippen LogP) is 6.58. The molecular weight excluding hydrogens is 396 g/mol. The van der Waals surface area contributed by atoms with Crippen LogP contribution in [0.4, 0.5) is 0 Å². The van der Waals surface area contributed by atoms with E-state index in [0.717, 1.165) is 23.6 Å². The molecule has 2 aliphatic rings. The number of fused-ring (bicyclic) bond motifs is 1. The Labute approximate surface area is 194 Å². The van der Waals surface area contributed by atoms with Crippen molar-refractivity contribution in [3.05, 3.63) is 36.0 Å². The van der Waals surface area contributed by atoms with Gasteiger partial charge in [0.05, 0.1) is 11.1 Å². The minimum absolute atomic E-state index is 0.138. The number of para-hydroxylation sites is 1. The van der Waals surface area contributed by atoms with Crippen molar-refractivity contribution in [3.63, 3.8) is 0 Å². The molecule has 0 unspecified atom stereocenters. The van der Waals surface area contributed by atoms with Crippen molar-refractivity contribution in [2.24, 2.45) is 17.3 Å². The number of hydrogen-bond donors (Lipinski definition) is 0. The van der Waals surface area contributed by atoms with Crippen LogP contribution in [0.25, 0.3) is 10.9 Å². The predicted molar refractivity (Wildman–Crippen MR) is 132 cm³/mol.